The second-order valence-corrected chi connectivity index (χ2v) is 5.62. The van der Waals surface area contributed by atoms with E-state index in [1.807, 2.05) is 18.2 Å². The Morgan fingerprint density at radius 1 is 1.21 bits per heavy atom. The van der Waals surface area contributed by atoms with Crippen molar-refractivity contribution >= 4 is 27.5 Å². The van der Waals surface area contributed by atoms with Gasteiger partial charge >= 0.3 is 0 Å². The molecule has 0 heterocycles. The van der Waals surface area contributed by atoms with Gasteiger partial charge in [-0.05, 0) is 51.7 Å². The fourth-order valence-corrected chi connectivity index (χ4v) is 2.75. The molecule has 0 aliphatic carbocycles. The minimum absolute atomic E-state index is 0.00126. The molecule has 1 unspecified atom stereocenters. The van der Waals surface area contributed by atoms with Crippen LogP contribution in [0.5, 0.6) is 0 Å². The van der Waals surface area contributed by atoms with Gasteiger partial charge in [0.25, 0.3) is 0 Å². The molecule has 1 N–H and O–H groups in total. The second-order valence-electron chi connectivity index (χ2n) is 4.35. The van der Waals surface area contributed by atoms with Gasteiger partial charge < -0.3 is 5.11 Å². The van der Waals surface area contributed by atoms with E-state index in [2.05, 4.69) is 15.9 Å². The van der Waals surface area contributed by atoms with Crippen molar-refractivity contribution in [3.8, 4) is 0 Å². The molecular formula is C15H13BrClFO. The molecule has 0 aliphatic rings. The summed E-state index contributed by atoms with van der Waals surface area (Å²) >= 11 is 9.31. The van der Waals surface area contributed by atoms with Crippen molar-refractivity contribution in [3.05, 3.63) is 68.9 Å². The highest BCUT2D eigenvalue weighted by Gasteiger charge is 2.15. The maximum absolute atomic E-state index is 13.2. The number of aliphatic hydroxyl groups excluding tert-OH is 1. The molecule has 0 saturated carbocycles. The van der Waals surface area contributed by atoms with Crippen LogP contribution in [0.15, 0.2) is 46.9 Å². The van der Waals surface area contributed by atoms with E-state index in [9.17, 15) is 9.50 Å². The summed E-state index contributed by atoms with van der Waals surface area (Å²) in [6, 6.07) is 12.3. The van der Waals surface area contributed by atoms with E-state index >= 15 is 0 Å². The zero-order valence-electron chi connectivity index (χ0n) is 10.1. The molecule has 4 heteroatoms. The molecule has 100 valence electrons. The van der Waals surface area contributed by atoms with Gasteiger partial charge in [0.1, 0.15) is 5.82 Å². The Labute approximate surface area is 125 Å². The molecule has 0 radical (unpaired) electrons. The van der Waals surface area contributed by atoms with Crippen LogP contribution in [-0.2, 0) is 6.42 Å². The lowest BCUT2D eigenvalue weighted by atomic mass is 9.92. The normalized spacial score (nSPS) is 12.4. The van der Waals surface area contributed by atoms with Crippen molar-refractivity contribution in [2.24, 2.45) is 0 Å². The Morgan fingerprint density at radius 3 is 2.58 bits per heavy atom. The van der Waals surface area contributed by atoms with E-state index in [-0.39, 0.29) is 18.3 Å². The van der Waals surface area contributed by atoms with Gasteiger partial charge in [0, 0.05) is 10.9 Å². The van der Waals surface area contributed by atoms with Gasteiger partial charge in [0.2, 0.25) is 0 Å². The third kappa shape index (κ3) is 3.56. The van der Waals surface area contributed by atoms with Crippen LogP contribution in [0.1, 0.15) is 17.0 Å². The van der Waals surface area contributed by atoms with Gasteiger partial charge in [-0.25, -0.2) is 4.39 Å². The topological polar surface area (TPSA) is 20.2 Å². The Balaban J connectivity index is 2.24. The number of halogens is 3. The lowest BCUT2D eigenvalue weighted by Crippen LogP contribution is -2.08. The van der Waals surface area contributed by atoms with Crippen LogP contribution < -0.4 is 0 Å². The summed E-state index contributed by atoms with van der Waals surface area (Å²) in [7, 11) is 0. The first-order chi connectivity index (χ1) is 9.11. The van der Waals surface area contributed by atoms with E-state index in [4.69, 9.17) is 11.6 Å². The maximum Gasteiger partial charge on any atom is 0.137 e. The number of hydrogen-bond donors (Lipinski definition) is 1. The molecule has 1 atom stereocenters. The van der Waals surface area contributed by atoms with Gasteiger partial charge in [0.05, 0.1) is 11.1 Å². The minimum Gasteiger partial charge on any atom is -0.396 e. The average Bonchev–Trinajstić information content (AvgIpc) is 2.41. The first-order valence-corrected chi connectivity index (χ1v) is 7.08. The summed E-state index contributed by atoms with van der Waals surface area (Å²) in [6.45, 7) is -0.00126. The molecule has 0 bridgehead atoms. The van der Waals surface area contributed by atoms with E-state index in [0.29, 0.717) is 15.9 Å². The standard InChI is InChI=1S/C15H13BrClFO/c16-13-8-10(5-6-15(13)18)7-11(9-19)12-3-1-2-4-14(12)17/h1-6,8,11,19H,7,9H2. The molecule has 2 rings (SSSR count). The first kappa shape index (κ1) is 14.5. The summed E-state index contributed by atoms with van der Waals surface area (Å²) in [5, 5.41) is 10.2. The molecular weight excluding hydrogens is 331 g/mol. The fraction of sp³-hybridized carbons (Fsp3) is 0.200. The van der Waals surface area contributed by atoms with Gasteiger partial charge in [-0.1, -0.05) is 35.9 Å². The van der Waals surface area contributed by atoms with Crippen LogP contribution in [0, 0.1) is 5.82 Å². The Hall–Kier alpha value is -0.900. The van der Waals surface area contributed by atoms with Crippen molar-refractivity contribution in [1.82, 2.24) is 0 Å². The zero-order valence-corrected chi connectivity index (χ0v) is 12.5. The summed E-state index contributed by atoms with van der Waals surface area (Å²) in [5.74, 6) is -0.381. The first-order valence-electron chi connectivity index (χ1n) is 5.91. The molecule has 19 heavy (non-hydrogen) atoms. The lowest BCUT2D eigenvalue weighted by Gasteiger charge is -2.16. The Kier molecular flexibility index (Phi) is 4.97. The molecule has 0 aliphatic heterocycles. The number of hydrogen-bond acceptors (Lipinski definition) is 1. The predicted molar refractivity (Wildman–Crippen MR) is 79.1 cm³/mol. The largest absolute Gasteiger partial charge is 0.396 e. The number of rotatable bonds is 4. The fourth-order valence-electron chi connectivity index (χ4n) is 2.03. The monoisotopic (exact) mass is 342 g/mol. The summed E-state index contributed by atoms with van der Waals surface area (Å²) in [4.78, 5) is 0. The lowest BCUT2D eigenvalue weighted by molar-refractivity contribution is 0.264. The molecule has 2 aromatic carbocycles. The van der Waals surface area contributed by atoms with Crippen molar-refractivity contribution < 1.29 is 9.50 Å². The highest BCUT2D eigenvalue weighted by atomic mass is 79.9. The van der Waals surface area contributed by atoms with Crippen LogP contribution in [-0.4, -0.2) is 11.7 Å². The van der Waals surface area contributed by atoms with Crippen molar-refractivity contribution in [2.45, 2.75) is 12.3 Å². The third-order valence-electron chi connectivity index (χ3n) is 3.03. The molecule has 0 aromatic heterocycles. The number of benzene rings is 2. The molecule has 0 saturated heterocycles. The van der Waals surface area contributed by atoms with Crippen LogP contribution in [0.2, 0.25) is 5.02 Å². The van der Waals surface area contributed by atoms with Crippen LogP contribution in [0.4, 0.5) is 4.39 Å². The molecule has 0 fully saturated rings. The maximum atomic E-state index is 13.2. The smallest absolute Gasteiger partial charge is 0.137 e. The highest BCUT2D eigenvalue weighted by Crippen LogP contribution is 2.28. The molecule has 2 aromatic rings. The van der Waals surface area contributed by atoms with Gasteiger partial charge in [-0.2, -0.15) is 0 Å². The Bertz CT molecular complexity index is 574. The molecule has 0 amide bonds. The minimum atomic E-state index is -0.290. The zero-order chi connectivity index (χ0) is 13.8. The van der Waals surface area contributed by atoms with Crippen LogP contribution >= 0.6 is 27.5 Å². The SMILES string of the molecule is OCC(Cc1ccc(F)c(Br)c1)c1ccccc1Cl. The van der Waals surface area contributed by atoms with Gasteiger partial charge in [-0.15, -0.1) is 0 Å². The van der Waals surface area contributed by atoms with E-state index in [1.165, 1.54) is 6.07 Å². The molecule has 1 nitrogen and oxygen atoms in total. The summed E-state index contributed by atoms with van der Waals surface area (Å²) in [6.07, 6.45) is 0.610. The summed E-state index contributed by atoms with van der Waals surface area (Å²) < 4.78 is 13.6. The van der Waals surface area contributed by atoms with Crippen molar-refractivity contribution in [2.75, 3.05) is 6.61 Å². The average molecular weight is 344 g/mol. The van der Waals surface area contributed by atoms with E-state index in [1.54, 1.807) is 18.2 Å². The van der Waals surface area contributed by atoms with Crippen LogP contribution in [0.3, 0.4) is 0 Å². The number of aliphatic hydroxyl groups is 1. The van der Waals surface area contributed by atoms with E-state index < -0.39 is 0 Å². The predicted octanol–water partition coefficient (Wildman–Crippen LogP) is 4.56. The third-order valence-corrected chi connectivity index (χ3v) is 3.98. The van der Waals surface area contributed by atoms with Crippen LogP contribution in [0.25, 0.3) is 0 Å². The van der Waals surface area contributed by atoms with Gasteiger partial charge in [0.15, 0.2) is 0 Å². The highest BCUT2D eigenvalue weighted by molar-refractivity contribution is 9.10. The van der Waals surface area contributed by atoms with Crippen molar-refractivity contribution in [3.63, 3.8) is 0 Å². The molecule has 0 spiro atoms. The second kappa shape index (κ2) is 6.51. The van der Waals surface area contributed by atoms with Gasteiger partial charge in [-0.3, -0.25) is 0 Å². The van der Waals surface area contributed by atoms with E-state index in [0.717, 1.165) is 11.1 Å². The Morgan fingerprint density at radius 2 is 1.95 bits per heavy atom. The summed E-state index contributed by atoms with van der Waals surface area (Å²) in [5.41, 5.74) is 1.86. The quantitative estimate of drug-likeness (QED) is 0.863. The van der Waals surface area contributed by atoms with Crippen molar-refractivity contribution in [1.29, 1.82) is 0 Å².